The first-order valence-electron chi connectivity index (χ1n) is 16.6. The number of fused-ring (bicyclic) bond motifs is 5. The van der Waals surface area contributed by atoms with E-state index in [4.69, 9.17) is 19.6 Å². The van der Waals surface area contributed by atoms with E-state index in [-0.39, 0.29) is 36.4 Å². The lowest BCUT2D eigenvalue weighted by molar-refractivity contribution is -0.192. The molecule has 0 fully saturated rings. The van der Waals surface area contributed by atoms with Gasteiger partial charge in [-0.3, -0.25) is 19.8 Å². The molecule has 4 heterocycles. The summed E-state index contributed by atoms with van der Waals surface area (Å²) in [4.78, 5) is 56.1. The number of aromatic nitrogens is 2. The summed E-state index contributed by atoms with van der Waals surface area (Å²) in [5.74, 6) is -5.09. The van der Waals surface area contributed by atoms with E-state index < -0.39 is 35.7 Å². The van der Waals surface area contributed by atoms with E-state index in [1.165, 1.54) is 6.07 Å². The number of carbonyl (C=O) groups is 3. The molecule has 270 valence electrons. The molecule has 6 rings (SSSR count). The van der Waals surface area contributed by atoms with Crippen molar-refractivity contribution in [1.82, 2.24) is 19.8 Å². The number of cyclic esters (lactones) is 1. The Morgan fingerprint density at radius 3 is 2.30 bits per heavy atom. The van der Waals surface area contributed by atoms with Crippen molar-refractivity contribution in [1.29, 1.82) is 0 Å². The number of carbonyl (C=O) groups excluding carboxylic acids is 1. The highest BCUT2D eigenvalue weighted by atomic mass is 19.4. The molecular weight excluding hydrogens is 664 g/mol. The Morgan fingerprint density at radius 2 is 1.76 bits per heavy atom. The first-order valence-corrected chi connectivity index (χ1v) is 16.6. The van der Waals surface area contributed by atoms with Gasteiger partial charge in [0.15, 0.2) is 0 Å². The molecule has 15 heteroatoms. The Morgan fingerprint density at radius 1 is 1.12 bits per heavy atom. The summed E-state index contributed by atoms with van der Waals surface area (Å²) in [5.41, 5.74) is 4.34. The molecule has 3 aliphatic rings. The number of aryl methyl sites for hydroxylation is 1. The van der Waals surface area contributed by atoms with Crippen molar-refractivity contribution < 1.29 is 46.9 Å². The van der Waals surface area contributed by atoms with Gasteiger partial charge in [0.1, 0.15) is 24.0 Å². The average molecular weight is 705 g/mol. The molecule has 0 unspecified atom stereocenters. The molecular formula is C35H40F4N4O7. The van der Waals surface area contributed by atoms with Crippen LogP contribution in [0.2, 0.25) is 0 Å². The molecule has 3 atom stereocenters. The lowest BCUT2D eigenvalue weighted by Crippen LogP contribution is -2.60. The number of esters is 1. The minimum atomic E-state index is -5.08. The average Bonchev–Trinajstić information content (AvgIpc) is 3.42. The number of nitrogens with one attached hydrogen (secondary N) is 1. The van der Waals surface area contributed by atoms with Crippen LogP contribution in [-0.4, -0.2) is 67.9 Å². The van der Waals surface area contributed by atoms with E-state index in [0.717, 1.165) is 48.0 Å². The fourth-order valence-electron chi connectivity index (χ4n) is 7.59. The van der Waals surface area contributed by atoms with Gasteiger partial charge in [-0.25, -0.2) is 19.0 Å². The molecule has 3 aromatic rings. The zero-order valence-corrected chi connectivity index (χ0v) is 28.6. The standard InChI is InChI=1S/C33H39FN4O5.C2HF3O2/c1-7-33(36-28(16(4)5)31(40)41)21-12-25-29-19(14-38(25)30(39)20(21)15-43-32(33)42)27-24(37(8-2)9-3)11-10-18-17(6)22(34)13-23(35-29)26(18)27;3-2(4,5)1(6)7/h12-13,16,24,28,36H,7-11,14-15H2,1-6H3,(H,40,41);(H,6,7)/t24-,28-,33-;/m0./s1. The van der Waals surface area contributed by atoms with Gasteiger partial charge in [-0.2, -0.15) is 13.2 Å². The van der Waals surface area contributed by atoms with Crippen molar-refractivity contribution >= 4 is 28.8 Å². The highest BCUT2D eigenvalue weighted by molar-refractivity contribution is 5.93. The molecule has 0 saturated carbocycles. The maximum atomic E-state index is 15.2. The van der Waals surface area contributed by atoms with Crippen LogP contribution in [0.5, 0.6) is 0 Å². The van der Waals surface area contributed by atoms with Gasteiger partial charge in [0.2, 0.25) is 0 Å². The summed E-state index contributed by atoms with van der Waals surface area (Å²) >= 11 is 0. The van der Waals surface area contributed by atoms with Gasteiger partial charge in [-0.1, -0.05) is 34.6 Å². The number of aliphatic carboxylic acids is 2. The Balaban J connectivity index is 0.000000630. The number of halogens is 4. The molecule has 0 bridgehead atoms. The van der Waals surface area contributed by atoms with Crippen molar-refractivity contribution in [3.05, 3.63) is 61.7 Å². The third kappa shape index (κ3) is 5.93. The predicted molar refractivity (Wildman–Crippen MR) is 174 cm³/mol. The van der Waals surface area contributed by atoms with E-state index in [1.807, 2.05) is 13.0 Å². The minimum absolute atomic E-state index is 0.0925. The summed E-state index contributed by atoms with van der Waals surface area (Å²) in [6.45, 7) is 13.2. The number of benzene rings is 1. The van der Waals surface area contributed by atoms with Gasteiger partial charge in [0, 0.05) is 23.1 Å². The second kappa shape index (κ2) is 13.4. The second-order valence-electron chi connectivity index (χ2n) is 13.1. The largest absolute Gasteiger partial charge is 0.490 e. The van der Waals surface area contributed by atoms with Crippen LogP contribution >= 0.6 is 0 Å². The van der Waals surface area contributed by atoms with E-state index in [9.17, 15) is 32.7 Å². The van der Waals surface area contributed by atoms with Gasteiger partial charge in [-0.15, -0.1) is 0 Å². The van der Waals surface area contributed by atoms with E-state index in [1.54, 1.807) is 25.3 Å². The van der Waals surface area contributed by atoms with Gasteiger partial charge in [-0.05, 0) is 73.5 Å². The molecule has 2 aliphatic heterocycles. The second-order valence-corrected chi connectivity index (χ2v) is 13.1. The number of ether oxygens (including phenoxy) is 1. The monoisotopic (exact) mass is 704 g/mol. The number of nitrogens with zero attached hydrogens (tertiary/aromatic N) is 3. The normalized spacial score (nSPS) is 19.8. The third-order valence-electron chi connectivity index (χ3n) is 10.2. The quantitative estimate of drug-likeness (QED) is 0.165. The zero-order chi connectivity index (χ0) is 37.0. The first-order chi connectivity index (χ1) is 23.4. The maximum Gasteiger partial charge on any atom is 0.490 e. The van der Waals surface area contributed by atoms with E-state index >= 15 is 4.39 Å². The van der Waals surface area contributed by atoms with Crippen LogP contribution in [0.15, 0.2) is 16.9 Å². The number of rotatable bonds is 8. The molecule has 0 spiro atoms. The smallest absolute Gasteiger partial charge is 0.480 e. The summed E-state index contributed by atoms with van der Waals surface area (Å²) in [5, 5.41) is 21.2. The fraction of sp³-hybridized carbons (Fsp3) is 0.514. The summed E-state index contributed by atoms with van der Waals surface area (Å²) in [6, 6.07) is 2.35. The first kappa shape index (κ1) is 36.9. The van der Waals surface area contributed by atoms with Gasteiger partial charge in [0.05, 0.1) is 29.0 Å². The van der Waals surface area contributed by atoms with Crippen LogP contribution in [0.25, 0.3) is 22.3 Å². The molecule has 2 aromatic heterocycles. The Labute approximate surface area is 285 Å². The lowest BCUT2D eigenvalue weighted by atomic mass is 9.80. The van der Waals surface area contributed by atoms with Crippen molar-refractivity contribution in [2.45, 2.75) is 97.8 Å². The number of hydrogen-bond donors (Lipinski definition) is 3. The van der Waals surface area contributed by atoms with Crippen LogP contribution < -0.4 is 10.9 Å². The number of alkyl halides is 3. The molecule has 0 saturated heterocycles. The Hall–Kier alpha value is -4.37. The van der Waals surface area contributed by atoms with Crippen molar-refractivity contribution in [2.24, 2.45) is 5.92 Å². The number of pyridine rings is 2. The molecule has 1 aromatic carbocycles. The summed E-state index contributed by atoms with van der Waals surface area (Å²) in [7, 11) is 0. The number of carboxylic acid groups (broad SMARTS) is 2. The van der Waals surface area contributed by atoms with Crippen LogP contribution in [0, 0.1) is 18.7 Å². The van der Waals surface area contributed by atoms with E-state index in [0.29, 0.717) is 40.1 Å². The van der Waals surface area contributed by atoms with Crippen molar-refractivity contribution in [3.8, 4) is 11.4 Å². The summed E-state index contributed by atoms with van der Waals surface area (Å²) < 4.78 is 54.2. The van der Waals surface area contributed by atoms with Gasteiger partial charge >= 0.3 is 24.1 Å². The number of hydrogen-bond acceptors (Lipinski definition) is 8. The third-order valence-corrected chi connectivity index (χ3v) is 10.2. The van der Waals surface area contributed by atoms with Crippen LogP contribution in [0.3, 0.4) is 0 Å². The predicted octanol–water partition coefficient (Wildman–Crippen LogP) is 5.20. The van der Waals surface area contributed by atoms with E-state index in [2.05, 4.69) is 24.1 Å². The highest BCUT2D eigenvalue weighted by Gasteiger charge is 2.49. The van der Waals surface area contributed by atoms with Crippen LogP contribution in [0.4, 0.5) is 17.6 Å². The van der Waals surface area contributed by atoms with Crippen LogP contribution in [0.1, 0.15) is 86.9 Å². The molecule has 50 heavy (non-hydrogen) atoms. The fourth-order valence-corrected chi connectivity index (χ4v) is 7.59. The molecule has 0 amide bonds. The SMILES string of the molecule is CCN(CC)[C@H]1CCc2c(C)c(F)cc3nc4c(c1c23)Cn1c-4cc2c(c1=O)COC(=O)[C@@]2(CC)N[C@H](C(=O)O)C(C)C.O=C(O)C(F)(F)F. The zero-order valence-electron chi connectivity index (χ0n) is 28.6. The van der Waals surface area contributed by atoms with Crippen LogP contribution in [-0.2, 0) is 44.2 Å². The molecule has 0 radical (unpaired) electrons. The minimum Gasteiger partial charge on any atom is -0.480 e. The molecule has 1 aliphatic carbocycles. The topological polar surface area (TPSA) is 151 Å². The Kier molecular flexibility index (Phi) is 9.89. The maximum absolute atomic E-state index is 15.2. The van der Waals surface area contributed by atoms with Crippen molar-refractivity contribution in [2.75, 3.05) is 13.1 Å². The van der Waals surface area contributed by atoms with Crippen molar-refractivity contribution in [3.63, 3.8) is 0 Å². The van der Waals surface area contributed by atoms with Gasteiger partial charge < -0.3 is 19.5 Å². The molecule has 3 N–H and O–H groups in total. The molecule has 11 nitrogen and oxygen atoms in total. The highest BCUT2D eigenvalue weighted by Crippen LogP contribution is 2.47. The van der Waals surface area contributed by atoms with Gasteiger partial charge in [0.25, 0.3) is 5.56 Å². The summed E-state index contributed by atoms with van der Waals surface area (Å²) in [6.07, 6.45) is -3.32. The Bertz CT molecular complexity index is 1950. The lowest BCUT2D eigenvalue weighted by Gasteiger charge is -2.39. The number of carboxylic acids is 2.